The van der Waals surface area contributed by atoms with Gasteiger partial charge in [-0.05, 0) is 23.3 Å². The van der Waals surface area contributed by atoms with Gasteiger partial charge in [-0.3, -0.25) is 0 Å². The van der Waals surface area contributed by atoms with Crippen LogP contribution in [0.15, 0.2) is 97.3 Å². The maximum Gasteiger partial charge on any atom is 3.00 e. The Morgan fingerprint density at radius 1 is 0.871 bits per heavy atom. The van der Waals surface area contributed by atoms with Crippen molar-refractivity contribution in [3.63, 3.8) is 0 Å². The first-order valence-electron chi connectivity index (χ1n) is 9.69. The number of aliphatic hydroxyl groups excluding tert-OH is 1. The first-order chi connectivity index (χ1) is 14.7. The summed E-state index contributed by atoms with van der Waals surface area (Å²) >= 11 is 0. The molecule has 1 aliphatic rings. The van der Waals surface area contributed by atoms with Crippen molar-refractivity contribution < 1.29 is 30.3 Å². The molecule has 0 saturated heterocycles. The van der Waals surface area contributed by atoms with Gasteiger partial charge >= 0.3 is 20.1 Å². The Morgan fingerprint density at radius 3 is 2.35 bits per heavy atom. The molecular weight excluding hydrogens is 565 g/mol. The zero-order valence-electron chi connectivity index (χ0n) is 16.6. The van der Waals surface area contributed by atoms with E-state index in [0.717, 1.165) is 11.1 Å². The van der Waals surface area contributed by atoms with Crippen LogP contribution >= 0.6 is 0 Å². The molecule has 1 aliphatic heterocycles. The average Bonchev–Trinajstić information content (AvgIpc) is 3.35. The van der Waals surface area contributed by atoms with E-state index in [4.69, 9.17) is 5.11 Å². The Balaban J connectivity index is 0.000000172. The van der Waals surface area contributed by atoms with Crippen LogP contribution in [-0.2, 0) is 20.1 Å². The van der Waals surface area contributed by atoms with Gasteiger partial charge in [-0.2, -0.15) is 48.3 Å². The second kappa shape index (κ2) is 10.8. The molecule has 5 rings (SSSR count). The van der Waals surface area contributed by atoms with Gasteiger partial charge in [-0.15, -0.1) is 5.69 Å². The van der Waals surface area contributed by atoms with Crippen molar-refractivity contribution >= 4 is 6.08 Å². The molecule has 0 amide bonds. The first-order valence-corrected chi connectivity index (χ1v) is 9.69. The molecule has 0 fully saturated rings. The zero-order chi connectivity index (χ0) is 20.8. The fourth-order valence-corrected chi connectivity index (χ4v) is 3.33. The molecule has 2 N–H and O–H groups in total. The van der Waals surface area contributed by atoms with Gasteiger partial charge in [-0.1, -0.05) is 66.2 Å². The summed E-state index contributed by atoms with van der Waals surface area (Å²) in [6.45, 7) is 0. The molecule has 5 heteroatoms. The summed E-state index contributed by atoms with van der Waals surface area (Å²) in [6.07, 6.45) is 4.85. The van der Waals surface area contributed by atoms with Crippen LogP contribution in [0.4, 0.5) is 0 Å². The third-order valence-electron chi connectivity index (χ3n) is 4.87. The molecule has 1 aromatic heterocycles. The summed E-state index contributed by atoms with van der Waals surface area (Å²) in [5.74, 6) is 0.191. The van der Waals surface area contributed by atoms with Crippen molar-refractivity contribution in [1.82, 2.24) is 4.98 Å². The third kappa shape index (κ3) is 5.53. The van der Waals surface area contributed by atoms with Gasteiger partial charge in [0.15, 0.2) is 0 Å². The Bertz CT molecular complexity index is 1090. The molecule has 0 bridgehead atoms. The molecule has 0 radical (unpaired) electrons. The van der Waals surface area contributed by atoms with E-state index in [-0.39, 0.29) is 31.9 Å². The summed E-state index contributed by atoms with van der Waals surface area (Å²) in [4.78, 5) is 4.00. The number of nitrogens with zero attached hydrogens (tertiary/aromatic N) is 2. The SMILES string of the molecule is Oc1ccc(C(O)c2ccc[n-]2)cc1.[Ir+3].[c-]1ccccc1C1[N-]C=Cc2ccccc21. The third-order valence-corrected chi connectivity index (χ3v) is 4.87. The minimum atomic E-state index is -0.717. The van der Waals surface area contributed by atoms with Crippen LogP contribution in [0, 0.1) is 6.07 Å². The fraction of sp³-hybridized carbons (Fsp3) is 0.0769. The molecule has 2 atom stereocenters. The van der Waals surface area contributed by atoms with Crippen LogP contribution in [0.25, 0.3) is 11.4 Å². The van der Waals surface area contributed by atoms with Crippen molar-refractivity contribution in [3.8, 4) is 5.75 Å². The molecule has 31 heavy (non-hydrogen) atoms. The van der Waals surface area contributed by atoms with E-state index in [1.54, 1.807) is 42.6 Å². The number of phenolic OH excluding ortho intramolecular Hbond substituents is 1. The summed E-state index contributed by atoms with van der Waals surface area (Å²) in [6, 6.07) is 29.7. The van der Waals surface area contributed by atoms with E-state index in [1.165, 1.54) is 11.1 Å². The quantitative estimate of drug-likeness (QED) is 0.318. The number of hydrogen-bond acceptors (Lipinski definition) is 2. The van der Waals surface area contributed by atoms with E-state index in [0.29, 0.717) is 5.69 Å². The number of phenols is 1. The van der Waals surface area contributed by atoms with Gasteiger partial charge in [0.05, 0.1) is 6.10 Å². The molecule has 156 valence electrons. The van der Waals surface area contributed by atoms with Gasteiger partial charge in [0.25, 0.3) is 0 Å². The predicted octanol–water partition coefficient (Wildman–Crippen LogP) is 5.36. The Hall–Kier alpha value is -3.11. The number of aromatic hydroxyl groups is 1. The molecule has 3 aromatic carbocycles. The van der Waals surface area contributed by atoms with Crippen LogP contribution in [0.1, 0.15) is 40.1 Å². The number of aliphatic hydroxyl groups is 1. The van der Waals surface area contributed by atoms with Crippen LogP contribution < -0.4 is 4.98 Å². The first kappa shape index (κ1) is 22.6. The van der Waals surface area contributed by atoms with Gasteiger partial charge < -0.3 is 20.5 Å². The van der Waals surface area contributed by atoms with E-state index in [1.807, 2.05) is 24.4 Å². The Labute approximate surface area is 195 Å². The van der Waals surface area contributed by atoms with Crippen molar-refractivity contribution in [3.05, 3.63) is 137 Å². The van der Waals surface area contributed by atoms with E-state index in [9.17, 15) is 5.11 Å². The van der Waals surface area contributed by atoms with Crippen LogP contribution in [0.3, 0.4) is 0 Å². The Kier molecular flexibility index (Phi) is 7.85. The molecule has 2 unspecified atom stereocenters. The molecule has 0 saturated carbocycles. The largest absolute Gasteiger partial charge is 3.00 e. The normalized spacial score (nSPS) is 14.8. The zero-order valence-corrected chi connectivity index (χ0v) is 19.0. The van der Waals surface area contributed by atoms with Gasteiger partial charge in [0, 0.05) is 0 Å². The van der Waals surface area contributed by atoms with E-state index in [2.05, 4.69) is 52.8 Å². The van der Waals surface area contributed by atoms with E-state index < -0.39 is 6.10 Å². The summed E-state index contributed by atoms with van der Waals surface area (Å²) < 4.78 is 0. The number of hydrogen-bond donors (Lipinski definition) is 2. The number of fused-ring (bicyclic) bond motifs is 1. The molecular formula is C26H21IrN2O2. The van der Waals surface area contributed by atoms with Crippen LogP contribution in [0.2, 0.25) is 0 Å². The van der Waals surface area contributed by atoms with Gasteiger partial charge in [-0.25, -0.2) is 0 Å². The summed E-state index contributed by atoms with van der Waals surface area (Å²) in [7, 11) is 0. The van der Waals surface area contributed by atoms with Crippen molar-refractivity contribution in [1.29, 1.82) is 0 Å². The number of rotatable bonds is 3. The molecule has 0 aliphatic carbocycles. The predicted molar refractivity (Wildman–Crippen MR) is 118 cm³/mol. The van der Waals surface area contributed by atoms with Crippen molar-refractivity contribution in [2.75, 3.05) is 0 Å². The smallest absolute Gasteiger partial charge is 0.682 e. The standard InChI is InChI=1S/C15H11N.C11H10NO2.Ir/c1-2-7-13(8-3-1)15-14-9-5-4-6-12(14)10-11-16-15;13-9-5-3-8(4-6-9)11(14)10-2-1-7-12-10;/h1-7,9-11,15H;1-7,11,13-14H;/q-2;-1;+3. The van der Waals surface area contributed by atoms with Crippen molar-refractivity contribution in [2.45, 2.75) is 12.1 Å². The van der Waals surface area contributed by atoms with Gasteiger partial charge in [0.2, 0.25) is 0 Å². The monoisotopic (exact) mass is 586 g/mol. The fourth-order valence-electron chi connectivity index (χ4n) is 3.33. The Morgan fingerprint density at radius 2 is 1.65 bits per heavy atom. The topological polar surface area (TPSA) is 68.7 Å². The minimum absolute atomic E-state index is 0. The van der Waals surface area contributed by atoms with Crippen molar-refractivity contribution in [2.24, 2.45) is 0 Å². The summed E-state index contributed by atoms with van der Waals surface area (Å²) in [5.41, 5.74) is 4.98. The van der Waals surface area contributed by atoms with E-state index >= 15 is 0 Å². The molecule has 2 heterocycles. The second-order valence-electron chi connectivity index (χ2n) is 6.87. The number of benzene rings is 3. The maximum atomic E-state index is 9.83. The average molecular weight is 586 g/mol. The minimum Gasteiger partial charge on any atom is -0.682 e. The molecule has 4 aromatic rings. The molecule has 0 spiro atoms. The van der Waals surface area contributed by atoms with Crippen LogP contribution in [-0.4, -0.2) is 10.2 Å². The maximum absolute atomic E-state index is 9.83. The summed E-state index contributed by atoms with van der Waals surface area (Å²) in [5, 5.41) is 23.4. The van der Waals surface area contributed by atoms with Crippen LogP contribution in [0.5, 0.6) is 5.75 Å². The second-order valence-corrected chi connectivity index (χ2v) is 6.87. The molecule has 4 nitrogen and oxygen atoms in total. The number of aromatic nitrogens is 1. The van der Waals surface area contributed by atoms with Gasteiger partial charge in [0.1, 0.15) is 5.75 Å².